The topological polar surface area (TPSA) is 29.9 Å². The van der Waals surface area contributed by atoms with Gasteiger partial charge < -0.3 is 5.32 Å². The third-order valence-corrected chi connectivity index (χ3v) is 3.01. The maximum atomic E-state index is 4.54. The van der Waals surface area contributed by atoms with Gasteiger partial charge in [-0.15, -0.1) is 0 Å². The number of rotatable bonds is 6. The monoisotopic (exact) mass is 207 g/mol. The molecule has 0 atom stereocenters. The molecule has 1 saturated carbocycles. The van der Waals surface area contributed by atoms with Crippen molar-refractivity contribution in [3.63, 3.8) is 0 Å². The molecule has 1 aliphatic carbocycles. The third-order valence-electron chi connectivity index (χ3n) is 3.01. The Morgan fingerprint density at radius 1 is 1.47 bits per heavy atom. The van der Waals surface area contributed by atoms with E-state index in [0.29, 0.717) is 0 Å². The highest BCUT2D eigenvalue weighted by molar-refractivity contribution is 5.10. The van der Waals surface area contributed by atoms with Crippen molar-refractivity contribution in [1.82, 2.24) is 15.1 Å². The van der Waals surface area contributed by atoms with E-state index in [-0.39, 0.29) is 0 Å². The van der Waals surface area contributed by atoms with E-state index in [4.69, 9.17) is 0 Å². The minimum atomic E-state index is 0.952. The summed E-state index contributed by atoms with van der Waals surface area (Å²) in [5, 5.41) is 8.05. The fraction of sp³-hybridized carbons (Fsp3) is 0.750. The molecule has 0 amide bonds. The quantitative estimate of drug-likeness (QED) is 0.773. The molecule has 1 fully saturated rings. The van der Waals surface area contributed by atoms with Crippen LogP contribution in [-0.4, -0.2) is 16.3 Å². The average Bonchev–Trinajstić information content (AvgIpc) is 2.98. The van der Waals surface area contributed by atoms with Gasteiger partial charge in [-0.25, -0.2) is 0 Å². The minimum absolute atomic E-state index is 0.952. The first-order chi connectivity index (χ1) is 7.33. The van der Waals surface area contributed by atoms with E-state index in [1.807, 2.05) is 0 Å². The molecule has 0 radical (unpaired) electrons. The molecule has 0 saturated heterocycles. The predicted octanol–water partition coefficient (Wildman–Crippen LogP) is 1.96. The van der Waals surface area contributed by atoms with Crippen LogP contribution in [0.2, 0.25) is 0 Å². The van der Waals surface area contributed by atoms with Gasteiger partial charge in [-0.1, -0.05) is 6.92 Å². The maximum Gasteiger partial charge on any atom is 0.0625 e. The molecule has 0 unspecified atom stereocenters. The van der Waals surface area contributed by atoms with Gasteiger partial charge in [0.1, 0.15) is 0 Å². The Morgan fingerprint density at radius 3 is 2.87 bits per heavy atom. The van der Waals surface area contributed by atoms with E-state index in [9.17, 15) is 0 Å². The Balaban J connectivity index is 1.89. The lowest BCUT2D eigenvalue weighted by atomic mass is 10.3. The largest absolute Gasteiger partial charge is 0.311 e. The SMILES string of the molecule is CCc1cc(CNCC2CC2)n(CC)n1. The summed E-state index contributed by atoms with van der Waals surface area (Å²) in [4.78, 5) is 0. The smallest absolute Gasteiger partial charge is 0.0625 e. The van der Waals surface area contributed by atoms with Gasteiger partial charge in [0.25, 0.3) is 0 Å². The molecule has 3 nitrogen and oxygen atoms in total. The van der Waals surface area contributed by atoms with Crippen molar-refractivity contribution in [3.8, 4) is 0 Å². The summed E-state index contributed by atoms with van der Waals surface area (Å²) in [6, 6.07) is 2.23. The first kappa shape index (κ1) is 10.7. The van der Waals surface area contributed by atoms with Crippen LogP contribution in [0.5, 0.6) is 0 Å². The second kappa shape index (κ2) is 4.79. The summed E-state index contributed by atoms with van der Waals surface area (Å²) in [6.07, 6.45) is 3.86. The van der Waals surface area contributed by atoms with Crippen LogP contribution in [0.3, 0.4) is 0 Å². The molecule has 0 spiro atoms. The lowest BCUT2D eigenvalue weighted by Gasteiger charge is -2.05. The Labute approximate surface area is 91.9 Å². The maximum absolute atomic E-state index is 4.54. The fourth-order valence-corrected chi connectivity index (χ4v) is 1.83. The van der Waals surface area contributed by atoms with Crippen molar-refractivity contribution >= 4 is 0 Å². The van der Waals surface area contributed by atoms with Crippen molar-refractivity contribution in [1.29, 1.82) is 0 Å². The normalized spacial score (nSPS) is 15.9. The second-order valence-corrected chi connectivity index (χ2v) is 4.37. The van der Waals surface area contributed by atoms with Gasteiger partial charge >= 0.3 is 0 Å². The molecule has 3 heteroatoms. The summed E-state index contributed by atoms with van der Waals surface area (Å²) in [5.74, 6) is 0.952. The van der Waals surface area contributed by atoms with Gasteiger partial charge in [0, 0.05) is 13.1 Å². The van der Waals surface area contributed by atoms with Crippen molar-refractivity contribution in [3.05, 3.63) is 17.5 Å². The predicted molar refractivity (Wildman–Crippen MR) is 61.7 cm³/mol. The molecular weight excluding hydrogens is 186 g/mol. The zero-order chi connectivity index (χ0) is 10.7. The van der Waals surface area contributed by atoms with Crippen LogP contribution in [-0.2, 0) is 19.5 Å². The molecule has 0 aromatic carbocycles. The van der Waals surface area contributed by atoms with Crippen molar-refractivity contribution < 1.29 is 0 Å². The lowest BCUT2D eigenvalue weighted by molar-refractivity contribution is 0.565. The molecule has 1 aromatic rings. The standard InChI is InChI=1S/C12H21N3/c1-3-11-7-12(15(4-2)14-11)9-13-8-10-5-6-10/h7,10,13H,3-6,8-9H2,1-2H3. The molecule has 0 aliphatic heterocycles. The van der Waals surface area contributed by atoms with Gasteiger partial charge in [-0.3, -0.25) is 4.68 Å². The van der Waals surface area contributed by atoms with Crippen LogP contribution < -0.4 is 5.32 Å². The average molecular weight is 207 g/mol. The van der Waals surface area contributed by atoms with Crippen molar-refractivity contribution in [2.45, 2.75) is 46.2 Å². The summed E-state index contributed by atoms with van der Waals surface area (Å²) >= 11 is 0. The van der Waals surface area contributed by atoms with Crippen LogP contribution in [0.4, 0.5) is 0 Å². The van der Waals surface area contributed by atoms with Gasteiger partial charge in [0.15, 0.2) is 0 Å². The van der Waals surface area contributed by atoms with E-state index < -0.39 is 0 Å². The Bertz CT molecular complexity index is 313. The number of nitrogens with one attached hydrogen (secondary N) is 1. The van der Waals surface area contributed by atoms with E-state index in [1.165, 1.54) is 30.8 Å². The number of nitrogens with zero attached hydrogens (tertiary/aromatic N) is 2. The van der Waals surface area contributed by atoms with Crippen molar-refractivity contribution in [2.75, 3.05) is 6.54 Å². The molecule has 1 aromatic heterocycles. The zero-order valence-electron chi connectivity index (χ0n) is 9.79. The highest BCUT2D eigenvalue weighted by Crippen LogP contribution is 2.27. The highest BCUT2D eigenvalue weighted by atomic mass is 15.3. The van der Waals surface area contributed by atoms with E-state index >= 15 is 0 Å². The Kier molecular flexibility index (Phi) is 3.41. The molecule has 0 bridgehead atoms. The molecular formula is C12H21N3. The van der Waals surface area contributed by atoms with Crippen LogP contribution in [0, 0.1) is 5.92 Å². The number of aromatic nitrogens is 2. The van der Waals surface area contributed by atoms with Gasteiger partial charge in [-0.2, -0.15) is 5.10 Å². The highest BCUT2D eigenvalue weighted by Gasteiger charge is 2.20. The van der Waals surface area contributed by atoms with E-state index in [1.54, 1.807) is 0 Å². The van der Waals surface area contributed by atoms with Crippen molar-refractivity contribution in [2.24, 2.45) is 5.92 Å². The minimum Gasteiger partial charge on any atom is -0.311 e. The number of aryl methyl sites for hydroxylation is 2. The van der Waals surface area contributed by atoms with E-state index in [2.05, 4.69) is 35.0 Å². The van der Waals surface area contributed by atoms with Gasteiger partial charge in [0.2, 0.25) is 0 Å². The summed E-state index contributed by atoms with van der Waals surface area (Å²) in [7, 11) is 0. The van der Waals surface area contributed by atoms with Crippen LogP contribution >= 0.6 is 0 Å². The number of hydrogen-bond acceptors (Lipinski definition) is 2. The third kappa shape index (κ3) is 2.81. The lowest BCUT2D eigenvalue weighted by Crippen LogP contribution is -2.18. The Morgan fingerprint density at radius 2 is 2.27 bits per heavy atom. The summed E-state index contributed by atoms with van der Waals surface area (Å²) in [6.45, 7) is 7.43. The van der Waals surface area contributed by atoms with Crippen LogP contribution in [0.25, 0.3) is 0 Å². The summed E-state index contributed by atoms with van der Waals surface area (Å²) < 4.78 is 2.11. The Hall–Kier alpha value is -0.830. The number of hydrogen-bond donors (Lipinski definition) is 1. The first-order valence-electron chi connectivity index (χ1n) is 6.09. The van der Waals surface area contributed by atoms with E-state index in [0.717, 1.165) is 25.4 Å². The molecule has 1 aliphatic rings. The van der Waals surface area contributed by atoms with Gasteiger partial charge in [-0.05, 0) is 44.7 Å². The zero-order valence-corrected chi connectivity index (χ0v) is 9.79. The molecule has 1 heterocycles. The fourth-order valence-electron chi connectivity index (χ4n) is 1.83. The van der Waals surface area contributed by atoms with Gasteiger partial charge in [0.05, 0.1) is 11.4 Å². The molecule has 2 rings (SSSR count). The van der Waals surface area contributed by atoms with Crippen LogP contribution in [0.1, 0.15) is 38.1 Å². The van der Waals surface area contributed by atoms with Crippen LogP contribution in [0.15, 0.2) is 6.07 Å². The molecule has 1 N–H and O–H groups in total. The molecule has 15 heavy (non-hydrogen) atoms. The first-order valence-corrected chi connectivity index (χ1v) is 6.09. The second-order valence-electron chi connectivity index (χ2n) is 4.37. The molecule has 84 valence electrons. The summed E-state index contributed by atoms with van der Waals surface area (Å²) in [5.41, 5.74) is 2.54.